The molecule has 0 radical (unpaired) electrons. The fraction of sp³-hybridized carbons (Fsp3) is 0.333. The van der Waals surface area contributed by atoms with E-state index in [9.17, 15) is 26.4 Å². The van der Waals surface area contributed by atoms with Gasteiger partial charge in [-0.1, -0.05) is 12.1 Å². The number of nitrogens with zero attached hydrogens (tertiary/aromatic N) is 2. The predicted molar refractivity (Wildman–Crippen MR) is 129 cm³/mol. The number of alkyl halides is 3. The number of aryl methyl sites for hydroxylation is 1. The molecule has 1 aromatic heterocycles. The summed E-state index contributed by atoms with van der Waals surface area (Å²) in [4.78, 5) is 15.7. The number of carbonyl (C=O) groups excluding carboxylic acids is 1. The van der Waals surface area contributed by atoms with Crippen LogP contribution in [0.4, 0.5) is 18.9 Å². The zero-order chi connectivity index (χ0) is 26.8. The number of esters is 1. The number of hydrogen-bond acceptors (Lipinski definition) is 8. The van der Waals surface area contributed by atoms with Crippen molar-refractivity contribution in [3.63, 3.8) is 0 Å². The third kappa shape index (κ3) is 6.05. The SMILES string of the molecule is COC(=O)c1ccc(COc2ccc(C(F)(F)F)cc2N(CC2CCO2)S(=O)(=O)c2nc(C)cs2)cc1. The van der Waals surface area contributed by atoms with E-state index in [0.717, 1.165) is 33.8 Å². The van der Waals surface area contributed by atoms with Crippen LogP contribution < -0.4 is 9.04 Å². The number of hydrogen-bond donors (Lipinski definition) is 0. The number of benzene rings is 2. The maximum Gasteiger partial charge on any atom is 0.416 e. The first-order chi connectivity index (χ1) is 17.5. The Hall–Kier alpha value is -3.16. The van der Waals surface area contributed by atoms with Crippen molar-refractivity contribution in [2.75, 3.05) is 24.6 Å². The first-order valence-corrected chi connectivity index (χ1v) is 13.4. The smallest absolute Gasteiger partial charge is 0.416 e. The third-order valence-corrected chi connectivity index (χ3v) is 8.73. The number of sulfonamides is 1. The monoisotopic (exact) mass is 556 g/mol. The zero-order valence-electron chi connectivity index (χ0n) is 19.8. The second-order valence-corrected chi connectivity index (χ2v) is 11.1. The average molecular weight is 557 g/mol. The van der Waals surface area contributed by atoms with E-state index in [1.807, 2.05) is 0 Å². The molecule has 13 heteroatoms. The number of methoxy groups -OCH3 is 1. The van der Waals surface area contributed by atoms with E-state index >= 15 is 0 Å². The van der Waals surface area contributed by atoms with E-state index < -0.39 is 33.8 Å². The Morgan fingerprint density at radius 3 is 2.46 bits per heavy atom. The van der Waals surface area contributed by atoms with Crippen LogP contribution in [0, 0.1) is 6.92 Å². The molecule has 4 rings (SSSR count). The summed E-state index contributed by atoms with van der Waals surface area (Å²) in [6.45, 7) is 1.76. The summed E-state index contributed by atoms with van der Waals surface area (Å²) in [7, 11) is -3.07. The first kappa shape index (κ1) is 26.9. The van der Waals surface area contributed by atoms with Crippen LogP contribution in [-0.4, -0.2) is 45.7 Å². The van der Waals surface area contributed by atoms with Gasteiger partial charge >= 0.3 is 12.1 Å². The molecule has 0 aliphatic carbocycles. The normalized spacial score (nSPS) is 15.6. The lowest BCUT2D eigenvalue weighted by Gasteiger charge is -2.33. The van der Waals surface area contributed by atoms with E-state index in [2.05, 4.69) is 9.72 Å². The molecule has 1 saturated heterocycles. The van der Waals surface area contributed by atoms with Crippen LogP contribution in [0.3, 0.4) is 0 Å². The van der Waals surface area contributed by atoms with Gasteiger partial charge in [0.05, 0.1) is 36.6 Å². The van der Waals surface area contributed by atoms with Gasteiger partial charge in [-0.05, 0) is 49.2 Å². The Bertz CT molecular complexity index is 1370. The fourth-order valence-corrected chi connectivity index (χ4v) is 6.14. The molecule has 2 heterocycles. The molecule has 1 aliphatic heterocycles. The van der Waals surface area contributed by atoms with Gasteiger partial charge in [-0.15, -0.1) is 11.3 Å². The van der Waals surface area contributed by atoms with Crippen LogP contribution in [0.5, 0.6) is 5.75 Å². The van der Waals surface area contributed by atoms with Crippen LogP contribution in [0.2, 0.25) is 0 Å². The van der Waals surface area contributed by atoms with E-state index in [4.69, 9.17) is 9.47 Å². The standard InChI is InChI=1S/C24H23F3N2O6S2/c1-15-14-36-23(28-15)37(31,32)29(12-19-9-10-34-19)20-11-18(24(25,26)27)7-8-21(20)35-13-16-3-5-17(6-4-16)22(30)33-2/h3-8,11,14,19H,9-10,12-13H2,1-2H3. The van der Waals surface area contributed by atoms with E-state index in [0.29, 0.717) is 29.8 Å². The Morgan fingerprint density at radius 2 is 1.92 bits per heavy atom. The Kier molecular flexibility index (Phi) is 7.76. The maximum atomic E-state index is 13.6. The summed E-state index contributed by atoms with van der Waals surface area (Å²) in [5.74, 6) is -0.588. The van der Waals surface area contributed by atoms with Gasteiger partial charge < -0.3 is 14.2 Å². The molecule has 2 aromatic carbocycles. The van der Waals surface area contributed by atoms with E-state index in [1.54, 1.807) is 24.4 Å². The van der Waals surface area contributed by atoms with Crippen LogP contribution in [0.1, 0.15) is 33.6 Å². The summed E-state index contributed by atoms with van der Waals surface area (Å²) >= 11 is 0.881. The summed E-state index contributed by atoms with van der Waals surface area (Å²) < 4.78 is 84.6. The average Bonchev–Trinajstić information content (AvgIpc) is 3.28. The summed E-state index contributed by atoms with van der Waals surface area (Å²) in [6.07, 6.45) is -4.63. The molecule has 0 spiro atoms. The Balaban J connectivity index is 1.72. The van der Waals surface area contributed by atoms with Crippen LogP contribution in [0.25, 0.3) is 0 Å². The Labute approximate surface area is 215 Å². The molecule has 8 nitrogen and oxygen atoms in total. The molecule has 37 heavy (non-hydrogen) atoms. The molecule has 0 N–H and O–H groups in total. The molecule has 0 amide bonds. The largest absolute Gasteiger partial charge is 0.487 e. The van der Waals surface area contributed by atoms with Crippen molar-refractivity contribution >= 4 is 33.0 Å². The van der Waals surface area contributed by atoms with Gasteiger partial charge in [0.25, 0.3) is 10.0 Å². The molecule has 1 aliphatic rings. The lowest BCUT2D eigenvalue weighted by molar-refractivity contribution is -0.137. The highest BCUT2D eigenvalue weighted by atomic mass is 32.2. The molecule has 1 atom stereocenters. The highest BCUT2D eigenvalue weighted by molar-refractivity contribution is 7.94. The fourth-order valence-electron chi connectivity index (χ4n) is 3.51. The van der Waals surface area contributed by atoms with Gasteiger partial charge in [-0.25, -0.2) is 9.78 Å². The van der Waals surface area contributed by atoms with Crippen molar-refractivity contribution in [3.8, 4) is 5.75 Å². The number of halogens is 3. The highest BCUT2D eigenvalue weighted by Gasteiger charge is 2.37. The maximum absolute atomic E-state index is 13.6. The molecule has 1 fully saturated rings. The minimum absolute atomic E-state index is 0.0683. The molecule has 3 aromatic rings. The van der Waals surface area contributed by atoms with Crippen LogP contribution in [-0.2, 0) is 32.3 Å². The molecule has 198 valence electrons. The topological polar surface area (TPSA) is 95.0 Å². The molecular weight excluding hydrogens is 533 g/mol. The Morgan fingerprint density at radius 1 is 1.22 bits per heavy atom. The minimum atomic E-state index is -4.71. The third-order valence-electron chi connectivity index (χ3n) is 5.60. The number of rotatable bonds is 9. The van der Waals surface area contributed by atoms with Gasteiger partial charge in [0, 0.05) is 17.7 Å². The van der Waals surface area contributed by atoms with Gasteiger partial charge in [-0.3, -0.25) is 4.31 Å². The van der Waals surface area contributed by atoms with Crippen molar-refractivity contribution < 1.29 is 40.6 Å². The summed E-state index contributed by atoms with van der Waals surface area (Å²) in [5.41, 5.74) is 0.0924. The van der Waals surface area contributed by atoms with Gasteiger partial charge in [0.2, 0.25) is 4.34 Å². The van der Waals surface area contributed by atoms with E-state index in [1.165, 1.54) is 19.2 Å². The number of carbonyl (C=O) groups is 1. The number of anilines is 1. The van der Waals surface area contributed by atoms with Crippen molar-refractivity contribution in [2.24, 2.45) is 0 Å². The molecule has 0 bridgehead atoms. The summed E-state index contributed by atoms with van der Waals surface area (Å²) in [5, 5.41) is 1.55. The van der Waals surface area contributed by atoms with Gasteiger partial charge in [0.1, 0.15) is 12.4 Å². The number of thiazole rings is 1. The lowest BCUT2D eigenvalue weighted by atomic mass is 10.1. The van der Waals surface area contributed by atoms with Crippen molar-refractivity contribution in [1.82, 2.24) is 4.98 Å². The molecule has 0 saturated carbocycles. The lowest BCUT2D eigenvalue weighted by Crippen LogP contribution is -2.43. The van der Waals surface area contributed by atoms with Gasteiger partial charge in [0.15, 0.2) is 0 Å². The number of ether oxygens (including phenoxy) is 3. The minimum Gasteiger partial charge on any atom is -0.487 e. The number of aromatic nitrogens is 1. The zero-order valence-corrected chi connectivity index (χ0v) is 21.5. The van der Waals surface area contributed by atoms with Crippen LogP contribution >= 0.6 is 11.3 Å². The second-order valence-electron chi connectivity index (χ2n) is 8.23. The van der Waals surface area contributed by atoms with Gasteiger partial charge in [-0.2, -0.15) is 21.6 Å². The predicted octanol–water partition coefficient (Wildman–Crippen LogP) is 4.82. The first-order valence-electron chi connectivity index (χ1n) is 11.1. The quantitative estimate of drug-likeness (QED) is 0.349. The molecular formula is C24H23F3N2O6S2. The van der Waals surface area contributed by atoms with E-state index in [-0.39, 0.29) is 28.9 Å². The molecule has 1 unspecified atom stereocenters. The van der Waals surface area contributed by atoms with Crippen molar-refractivity contribution in [1.29, 1.82) is 0 Å². The van der Waals surface area contributed by atoms with Crippen molar-refractivity contribution in [3.05, 3.63) is 70.2 Å². The summed E-state index contributed by atoms with van der Waals surface area (Å²) in [6, 6.07) is 8.93. The van der Waals surface area contributed by atoms with Crippen LogP contribution in [0.15, 0.2) is 52.2 Å². The van der Waals surface area contributed by atoms with Crippen molar-refractivity contribution in [2.45, 2.75) is 36.6 Å². The second kappa shape index (κ2) is 10.7. The highest BCUT2D eigenvalue weighted by Crippen LogP contribution is 2.40.